The Hall–Kier alpha value is -1.32. The van der Waals surface area contributed by atoms with Crippen LogP contribution in [0.5, 0.6) is 0 Å². The predicted octanol–water partition coefficient (Wildman–Crippen LogP) is 3.46. The number of hydrogen-bond acceptors (Lipinski definition) is 2. The number of nitrogens with two attached hydrogens (primary N) is 1. The van der Waals surface area contributed by atoms with Crippen LogP contribution in [0.1, 0.15) is 0 Å². The molecule has 0 bridgehead atoms. The first kappa shape index (κ1) is 10.2. The topological polar surface area (TPSA) is 29.3 Å². The Morgan fingerprint density at radius 2 is 1.47 bits per heavy atom. The minimum Gasteiger partial charge on any atom is -0.279 e. The van der Waals surface area contributed by atoms with Crippen molar-refractivity contribution in [3.05, 3.63) is 59.1 Å². The van der Waals surface area contributed by atoms with E-state index in [1.165, 1.54) is 0 Å². The molecule has 2 N–H and O–H groups in total. The van der Waals surface area contributed by atoms with Gasteiger partial charge in [0.2, 0.25) is 0 Å². The van der Waals surface area contributed by atoms with E-state index >= 15 is 0 Å². The first-order valence-corrected chi connectivity index (χ1v) is 5.43. The fraction of sp³-hybridized carbons (Fsp3) is 0. The molecule has 2 rings (SSSR count). The molecule has 15 heavy (non-hydrogen) atoms. The zero-order valence-electron chi connectivity index (χ0n) is 8.10. The van der Waals surface area contributed by atoms with Gasteiger partial charge in [-0.15, -0.1) is 0 Å². The van der Waals surface area contributed by atoms with E-state index in [0.717, 1.165) is 15.8 Å². The maximum absolute atomic E-state index is 6.02. The lowest BCUT2D eigenvalue weighted by molar-refractivity contribution is 1.08. The van der Waals surface area contributed by atoms with Gasteiger partial charge in [0.1, 0.15) is 0 Å². The van der Waals surface area contributed by atoms with E-state index in [2.05, 4.69) is 15.9 Å². The first-order chi connectivity index (χ1) is 7.29. The molecule has 0 spiro atoms. The summed E-state index contributed by atoms with van der Waals surface area (Å²) in [6.07, 6.45) is 0. The molecule has 0 aliphatic heterocycles. The average Bonchev–Trinajstić information content (AvgIpc) is 2.30. The number of anilines is 2. The van der Waals surface area contributed by atoms with Crippen LogP contribution >= 0.6 is 15.9 Å². The molecule has 0 unspecified atom stereocenters. The van der Waals surface area contributed by atoms with Crippen LogP contribution in [0.4, 0.5) is 11.4 Å². The van der Waals surface area contributed by atoms with E-state index in [1.807, 2.05) is 54.6 Å². The van der Waals surface area contributed by atoms with Crippen LogP contribution in [0, 0.1) is 0 Å². The van der Waals surface area contributed by atoms with Crippen molar-refractivity contribution in [2.75, 3.05) is 5.01 Å². The Morgan fingerprint density at radius 3 is 2.13 bits per heavy atom. The lowest BCUT2D eigenvalue weighted by atomic mass is 10.2. The summed E-state index contributed by atoms with van der Waals surface area (Å²) in [5.74, 6) is 6.02. The van der Waals surface area contributed by atoms with E-state index in [9.17, 15) is 0 Å². The fourth-order valence-corrected chi connectivity index (χ4v) is 1.85. The molecular formula is C12H11BrN2. The van der Waals surface area contributed by atoms with Crippen molar-refractivity contribution in [3.8, 4) is 0 Å². The first-order valence-electron chi connectivity index (χ1n) is 4.63. The maximum atomic E-state index is 6.02. The van der Waals surface area contributed by atoms with Gasteiger partial charge >= 0.3 is 0 Å². The molecule has 0 aliphatic rings. The van der Waals surface area contributed by atoms with Crippen LogP contribution in [0.25, 0.3) is 0 Å². The van der Waals surface area contributed by atoms with Crippen molar-refractivity contribution in [2.24, 2.45) is 5.84 Å². The van der Waals surface area contributed by atoms with Crippen LogP contribution in [-0.4, -0.2) is 0 Å². The van der Waals surface area contributed by atoms with Gasteiger partial charge in [-0.25, -0.2) is 5.84 Å². The number of rotatable bonds is 2. The van der Waals surface area contributed by atoms with Gasteiger partial charge in [0, 0.05) is 4.47 Å². The SMILES string of the molecule is NN(c1ccccc1)c1ccccc1Br. The second-order valence-corrected chi connectivity index (χ2v) is 4.01. The van der Waals surface area contributed by atoms with Crippen LogP contribution in [0.2, 0.25) is 0 Å². The Labute approximate surface area is 97.4 Å². The van der Waals surface area contributed by atoms with Crippen molar-refractivity contribution in [1.29, 1.82) is 0 Å². The third-order valence-electron chi connectivity index (χ3n) is 2.15. The second kappa shape index (κ2) is 4.47. The number of para-hydroxylation sites is 2. The fourth-order valence-electron chi connectivity index (χ4n) is 1.37. The van der Waals surface area contributed by atoms with Gasteiger partial charge in [0.25, 0.3) is 0 Å². The summed E-state index contributed by atoms with van der Waals surface area (Å²) in [6.45, 7) is 0. The highest BCUT2D eigenvalue weighted by Gasteiger charge is 2.06. The summed E-state index contributed by atoms with van der Waals surface area (Å²) in [5.41, 5.74) is 1.91. The molecule has 0 saturated heterocycles. The molecular weight excluding hydrogens is 252 g/mol. The van der Waals surface area contributed by atoms with Crippen LogP contribution < -0.4 is 10.9 Å². The summed E-state index contributed by atoms with van der Waals surface area (Å²) >= 11 is 3.47. The summed E-state index contributed by atoms with van der Waals surface area (Å²) in [6, 6.07) is 17.7. The van der Waals surface area contributed by atoms with E-state index in [-0.39, 0.29) is 0 Å². The van der Waals surface area contributed by atoms with Gasteiger partial charge in [0.15, 0.2) is 0 Å². The molecule has 3 heteroatoms. The van der Waals surface area contributed by atoms with E-state index in [4.69, 9.17) is 5.84 Å². The average molecular weight is 263 g/mol. The van der Waals surface area contributed by atoms with Crippen molar-refractivity contribution in [3.63, 3.8) is 0 Å². The third kappa shape index (κ3) is 2.19. The molecule has 0 heterocycles. The van der Waals surface area contributed by atoms with Crippen molar-refractivity contribution < 1.29 is 0 Å². The highest BCUT2D eigenvalue weighted by Crippen LogP contribution is 2.28. The number of halogens is 1. The van der Waals surface area contributed by atoms with Crippen LogP contribution in [0.3, 0.4) is 0 Å². The molecule has 0 amide bonds. The molecule has 2 aromatic rings. The predicted molar refractivity (Wildman–Crippen MR) is 66.9 cm³/mol. The Bertz CT molecular complexity index is 442. The standard InChI is InChI=1S/C12H11BrN2/c13-11-8-4-5-9-12(11)15(14)10-6-2-1-3-7-10/h1-9H,14H2. The monoisotopic (exact) mass is 262 g/mol. The normalized spacial score (nSPS) is 10.0. The molecule has 0 aromatic heterocycles. The summed E-state index contributed by atoms with van der Waals surface area (Å²) in [4.78, 5) is 0. The zero-order chi connectivity index (χ0) is 10.7. The number of benzene rings is 2. The van der Waals surface area contributed by atoms with Crippen molar-refractivity contribution in [1.82, 2.24) is 0 Å². The summed E-state index contributed by atoms with van der Waals surface area (Å²) in [7, 11) is 0. The Morgan fingerprint density at radius 1 is 0.867 bits per heavy atom. The molecule has 0 fully saturated rings. The second-order valence-electron chi connectivity index (χ2n) is 3.16. The molecule has 76 valence electrons. The van der Waals surface area contributed by atoms with Crippen LogP contribution in [0.15, 0.2) is 59.1 Å². The quantitative estimate of drug-likeness (QED) is 0.664. The number of hydrazine groups is 1. The molecule has 2 nitrogen and oxygen atoms in total. The Kier molecular flexibility index (Phi) is 3.04. The van der Waals surface area contributed by atoms with E-state index in [1.54, 1.807) is 5.01 Å². The molecule has 0 atom stereocenters. The minimum absolute atomic E-state index is 0.948. The largest absolute Gasteiger partial charge is 0.279 e. The minimum atomic E-state index is 0.948. The number of hydrogen-bond donors (Lipinski definition) is 1. The van der Waals surface area contributed by atoms with Gasteiger partial charge in [-0.3, -0.25) is 5.01 Å². The molecule has 2 aromatic carbocycles. The van der Waals surface area contributed by atoms with Gasteiger partial charge in [-0.05, 0) is 40.2 Å². The Balaban J connectivity index is 2.37. The summed E-state index contributed by atoms with van der Waals surface area (Å²) in [5, 5.41) is 1.66. The summed E-state index contributed by atoms with van der Waals surface area (Å²) < 4.78 is 0.983. The highest BCUT2D eigenvalue weighted by atomic mass is 79.9. The van der Waals surface area contributed by atoms with Gasteiger partial charge < -0.3 is 0 Å². The molecule has 0 saturated carbocycles. The van der Waals surface area contributed by atoms with Gasteiger partial charge in [-0.1, -0.05) is 30.3 Å². The molecule has 0 radical (unpaired) electrons. The highest BCUT2D eigenvalue weighted by molar-refractivity contribution is 9.10. The lowest BCUT2D eigenvalue weighted by Gasteiger charge is -2.19. The van der Waals surface area contributed by atoms with E-state index < -0.39 is 0 Å². The van der Waals surface area contributed by atoms with Gasteiger partial charge in [-0.2, -0.15) is 0 Å². The van der Waals surface area contributed by atoms with E-state index in [0.29, 0.717) is 0 Å². The van der Waals surface area contributed by atoms with Crippen molar-refractivity contribution in [2.45, 2.75) is 0 Å². The lowest BCUT2D eigenvalue weighted by Crippen LogP contribution is -2.25. The number of nitrogens with zero attached hydrogens (tertiary/aromatic N) is 1. The van der Waals surface area contributed by atoms with Crippen LogP contribution in [-0.2, 0) is 0 Å². The smallest absolute Gasteiger partial charge is 0.0717 e. The van der Waals surface area contributed by atoms with Gasteiger partial charge in [0.05, 0.1) is 11.4 Å². The van der Waals surface area contributed by atoms with Crippen molar-refractivity contribution >= 4 is 27.3 Å². The molecule has 0 aliphatic carbocycles. The zero-order valence-corrected chi connectivity index (χ0v) is 9.68. The third-order valence-corrected chi connectivity index (χ3v) is 2.82. The maximum Gasteiger partial charge on any atom is 0.0717 e.